The lowest BCUT2D eigenvalue weighted by atomic mass is 9.55. The average Bonchev–Trinajstić information content (AvgIpc) is 3.50. The number of aliphatic hydroxyl groups is 1. The standard InChI is InChI=1S/C21H26BNO2.C15H14BrN.C12H25B2O4/c1-19(2)15-9-7-8-10-17(15)23-18-12-11-14(13-16(18)19)22-24-20(3,4)21(5,6)25-22;1-15(2)11-5-3-4-6-13(11)17-14-8-7-10(16)9-12(14)15;1-9(2,15)10(3,4)16-13-14-17-11(5,6)12(7,8)18-14/h7-13,23H,1-6H3;3-9,17H,1-2H3;15H,1-8H3. The van der Waals surface area contributed by atoms with Gasteiger partial charge in [-0.2, -0.15) is 0 Å². The lowest BCUT2D eigenvalue weighted by molar-refractivity contribution is -0.0894. The normalized spacial score (nSPS) is 20.6. The van der Waals surface area contributed by atoms with Crippen molar-refractivity contribution in [2.45, 2.75) is 155 Å². The maximum atomic E-state index is 10.00. The molecule has 0 spiro atoms. The molecular weight excluding hydrogens is 813 g/mol. The number of rotatable bonds is 5. The fraction of sp³-hybridized carbons (Fsp3) is 0.500. The molecule has 0 bridgehead atoms. The molecule has 1 radical (unpaired) electrons. The largest absolute Gasteiger partial charge is 0.494 e. The third-order valence-corrected chi connectivity index (χ3v) is 14.3. The van der Waals surface area contributed by atoms with Gasteiger partial charge in [-0.05, 0) is 147 Å². The van der Waals surface area contributed by atoms with Crippen molar-refractivity contribution in [3.8, 4) is 0 Å². The van der Waals surface area contributed by atoms with Gasteiger partial charge in [-0.15, -0.1) is 0 Å². The van der Waals surface area contributed by atoms with E-state index in [0.717, 1.165) is 15.6 Å². The molecule has 4 aliphatic rings. The Balaban J connectivity index is 0.000000155. The number of hydrogen-bond acceptors (Lipinski definition) is 8. The van der Waals surface area contributed by atoms with Gasteiger partial charge in [0, 0.05) is 38.1 Å². The second kappa shape index (κ2) is 15.9. The van der Waals surface area contributed by atoms with Crippen LogP contribution in [0.15, 0.2) is 89.4 Å². The highest BCUT2D eigenvalue weighted by Crippen LogP contribution is 2.47. The second-order valence-corrected chi connectivity index (χ2v) is 21.5. The smallest absolute Gasteiger partial charge is 0.435 e. The van der Waals surface area contributed by atoms with Gasteiger partial charge in [0.15, 0.2) is 0 Å². The van der Waals surface area contributed by atoms with Crippen LogP contribution in [0.25, 0.3) is 0 Å². The first-order valence-corrected chi connectivity index (χ1v) is 21.9. The van der Waals surface area contributed by atoms with E-state index >= 15 is 0 Å². The molecule has 60 heavy (non-hydrogen) atoms. The predicted octanol–water partition coefficient (Wildman–Crippen LogP) is 11.0. The van der Waals surface area contributed by atoms with Crippen LogP contribution in [0.3, 0.4) is 0 Å². The number of para-hydroxylation sites is 2. The maximum Gasteiger partial charge on any atom is 0.494 e. The molecule has 3 N–H and O–H groups in total. The first kappa shape index (κ1) is 46.4. The van der Waals surface area contributed by atoms with Crippen LogP contribution < -0.4 is 16.1 Å². The molecule has 319 valence electrons. The number of fused-ring (bicyclic) bond motifs is 4. The zero-order valence-electron chi connectivity index (χ0n) is 38.7. The summed E-state index contributed by atoms with van der Waals surface area (Å²) in [5.74, 6) is 0. The number of hydrogen-bond donors (Lipinski definition) is 3. The molecule has 4 aromatic carbocycles. The molecule has 0 unspecified atom stereocenters. The zero-order valence-corrected chi connectivity index (χ0v) is 40.3. The molecule has 8 rings (SSSR count). The van der Waals surface area contributed by atoms with E-state index in [9.17, 15) is 5.11 Å². The molecule has 0 amide bonds. The Hall–Kier alpha value is -3.09. The average molecular weight is 878 g/mol. The van der Waals surface area contributed by atoms with Crippen molar-refractivity contribution >= 4 is 65.6 Å². The van der Waals surface area contributed by atoms with Crippen molar-refractivity contribution < 1.29 is 28.4 Å². The van der Waals surface area contributed by atoms with E-state index in [1.807, 2.05) is 41.5 Å². The summed E-state index contributed by atoms with van der Waals surface area (Å²) in [7, 11) is 0.675. The summed E-state index contributed by atoms with van der Waals surface area (Å²) >= 11 is 3.55. The first-order chi connectivity index (χ1) is 27.5. The first-order valence-electron chi connectivity index (χ1n) is 21.1. The third kappa shape index (κ3) is 8.90. The number of halogens is 1. The fourth-order valence-corrected chi connectivity index (χ4v) is 7.99. The highest BCUT2D eigenvalue weighted by molar-refractivity contribution is 9.10. The van der Waals surface area contributed by atoms with Crippen LogP contribution in [0.1, 0.15) is 133 Å². The minimum Gasteiger partial charge on any atom is -0.435 e. The van der Waals surface area contributed by atoms with Crippen LogP contribution in [0.2, 0.25) is 0 Å². The highest BCUT2D eigenvalue weighted by Gasteiger charge is 2.53. The van der Waals surface area contributed by atoms with E-state index < -0.39 is 18.2 Å². The second-order valence-electron chi connectivity index (χ2n) is 20.6. The molecule has 8 nitrogen and oxygen atoms in total. The summed E-state index contributed by atoms with van der Waals surface area (Å²) < 4.78 is 30.8. The minimum absolute atomic E-state index is 0.0426. The van der Waals surface area contributed by atoms with Gasteiger partial charge < -0.3 is 39.0 Å². The van der Waals surface area contributed by atoms with Gasteiger partial charge >= 0.3 is 21.5 Å². The summed E-state index contributed by atoms with van der Waals surface area (Å²) in [4.78, 5) is 0. The number of benzene rings is 4. The Kier molecular flexibility index (Phi) is 12.3. The van der Waals surface area contributed by atoms with Gasteiger partial charge in [0.05, 0.1) is 33.6 Å². The van der Waals surface area contributed by atoms with E-state index in [1.165, 1.54) is 46.7 Å². The summed E-state index contributed by atoms with van der Waals surface area (Å²) in [6.45, 7) is 32.5. The van der Waals surface area contributed by atoms with E-state index in [2.05, 4.69) is 167 Å². The van der Waals surface area contributed by atoms with Crippen LogP contribution in [-0.2, 0) is 34.1 Å². The highest BCUT2D eigenvalue weighted by atomic mass is 79.9. The van der Waals surface area contributed by atoms with E-state index in [1.54, 1.807) is 13.8 Å². The van der Waals surface area contributed by atoms with Gasteiger partial charge in [-0.1, -0.05) is 92.2 Å². The lowest BCUT2D eigenvalue weighted by Crippen LogP contribution is -2.50. The SMILES string of the molecule is CC(C)(O)C(C)(C)O[B]B1OC(C)(C)C(C)(C)O1.CC1(C)c2ccccc2Nc2ccc(B3OC(C)(C)C(C)(C)O3)cc21.CC1(C)c2ccccc2Nc2ccc(Br)cc21. The van der Waals surface area contributed by atoms with Gasteiger partial charge in [0.1, 0.15) is 0 Å². The number of nitrogens with one attached hydrogen (secondary N) is 2. The molecule has 2 saturated heterocycles. The van der Waals surface area contributed by atoms with Gasteiger partial charge in [0.25, 0.3) is 0 Å². The van der Waals surface area contributed by atoms with Gasteiger partial charge in [0.2, 0.25) is 0 Å². The number of anilines is 4. The zero-order chi connectivity index (χ0) is 44.5. The lowest BCUT2D eigenvalue weighted by Gasteiger charge is -2.37. The van der Waals surface area contributed by atoms with E-state index in [4.69, 9.17) is 23.3 Å². The Morgan fingerprint density at radius 2 is 0.950 bits per heavy atom. The van der Waals surface area contributed by atoms with Crippen molar-refractivity contribution in [1.29, 1.82) is 0 Å². The van der Waals surface area contributed by atoms with Crippen molar-refractivity contribution in [3.63, 3.8) is 0 Å². The van der Waals surface area contributed by atoms with Crippen LogP contribution in [0.4, 0.5) is 22.7 Å². The molecule has 12 heteroatoms. The summed E-state index contributed by atoms with van der Waals surface area (Å²) in [5, 5.41) is 17.1. The summed E-state index contributed by atoms with van der Waals surface area (Å²) in [6.07, 6.45) is 0. The molecule has 0 aliphatic carbocycles. The van der Waals surface area contributed by atoms with Crippen molar-refractivity contribution in [2.75, 3.05) is 10.6 Å². The van der Waals surface area contributed by atoms with Crippen LogP contribution in [-0.4, -0.2) is 60.2 Å². The summed E-state index contributed by atoms with van der Waals surface area (Å²) in [5.41, 5.74) is 8.02. The molecule has 0 aromatic heterocycles. The van der Waals surface area contributed by atoms with Gasteiger partial charge in [-0.25, -0.2) is 0 Å². The molecule has 4 aliphatic heterocycles. The van der Waals surface area contributed by atoms with Crippen LogP contribution in [0, 0.1) is 0 Å². The monoisotopic (exact) mass is 877 g/mol. The Morgan fingerprint density at radius 1 is 0.550 bits per heavy atom. The van der Waals surface area contributed by atoms with E-state index in [0.29, 0.717) is 0 Å². The van der Waals surface area contributed by atoms with Crippen molar-refractivity contribution in [2.24, 2.45) is 0 Å². The Morgan fingerprint density at radius 3 is 1.42 bits per heavy atom. The fourth-order valence-electron chi connectivity index (χ4n) is 7.62. The molecule has 4 aromatic rings. The topological polar surface area (TPSA) is 90.4 Å². The molecule has 0 atom stereocenters. The maximum absolute atomic E-state index is 10.00. The van der Waals surface area contributed by atoms with Crippen LogP contribution in [0.5, 0.6) is 0 Å². The van der Waals surface area contributed by atoms with Gasteiger partial charge in [-0.3, -0.25) is 0 Å². The molecule has 0 saturated carbocycles. The molecular formula is C48H65B3BrN2O6. The molecule has 4 heterocycles. The Labute approximate surface area is 369 Å². The van der Waals surface area contributed by atoms with Crippen molar-refractivity contribution in [3.05, 3.63) is 112 Å². The molecule has 2 fully saturated rings. The van der Waals surface area contributed by atoms with Crippen molar-refractivity contribution in [1.82, 2.24) is 0 Å². The minimum atomic E-state index is -0.951. The van der Waals surface area contributed by atoms with E-state index in [-0.39, 0.29) is 40.4 Å². The predicted molar refractivity (Wildman–Crippen MR) is 253 cm³/mol. The van der Waals surface area contributed by atoms with Crippen LogP contribution >= 0.6 is 15.9 Å². The third-order valence-electron chi connectivity index (χ3n) is 13.9. The summed E-state index contributed by atoms with van der Waals surface area (Å²) in [6, 6.07) is 30.0. The quantitative estimate of drug-likeness (QED) is 0.171. The Bertz CT molecular complexity index is 2180.